The van der Waals surface area contributed by atoms with Crippen molar-refractivity contribution in [2.45, 2.75) is 6.04 Å². The number of benzene rings is 2. The summed E-state index contributed by atoms with van der Waals surface area (Å²) >= 11 is 6.33. The molecule has 1 N–H and O–H groups in total. The molecular weight excluding hydrogens is 370 g/mol. The van der Waals surface area contributed by atoms with Crippen molar-refractivity contribution >= 4 is 52.5 Å². The van der Waals surface area contributed by atoms with Gasteiger partial charge in [-0.1, -0.05) is 78.6 Å². The van der Waals surface area contributed by atoms with E-state index in [9.17, 15) is 19.5 Å². The summed E-state index contributed by atoms with van der Waals surface area (Å²) < 4.78 is 0.196. The average molecular weight is 383 g/mol. The van der Waals surface area contributed by atoms with Crippen molar-refractivity contribution in [2.75, 3.05) is 0 Å². The maximum atomic E-state index is 12.8. The Balaban J connectivity index is 1.93. The zero-order valence-electron chi connectivity index (χ0n) is 13.4. The van der Waals surface area contributed by atoms with Crippen LogP contribution < -0.4 is 0 Å². The molecule has 0 aliphatic carbocycles. The lowest BCUT2D eigenvalue weighted by Crippen LogP contribution is -2.37. The molecule has 130 valence electrons. The highest BCUT2D eigenvalue weighted by atomic mass is 32.2. The van der Waals surface area contributed by atoms with E-state index in [1.165, 1.54) is 0 Å². The van der Waals surface area contributed by atoms with Gasteiger partial charge in [0.25, 0.3) is 5.91 Å². The van der Waals surface area contributed by atoms with Crippen LogP contribution in [0.25, 0.3) is 6.08 Å². The quantitative estimate of drug-likeness (QED) is 0.484. The summed E-state index contributed by atoms with van der Waals surface area (Å²) in [6, 6.07) is 14.0. The molecular formula is C19H13NO4S2. The van der Waals surface area contributed by atoms with Gasteiger partial charge in [-0.2, -0.15) is 0 Å². The molecule has 3 rings (SSSR count). The Bertz CT molecular complexity index is 907. The Morgan fingerprint density at radius 2 is 1.69 bits per heavy atom. The topological polar surface area (TPSA) is 74.7 Å². The van der Waals surface area contributed by atoms with Gasteiger partial charge < -0.3 is 5.11 Å². The lowest BCUT2D eigenvalue weighted by atomic mass is 10.1. The van der Waals surface area contributed by atoms with Crippen molar-refractivity contribution < 1.29 is 19.5 Å². The van der Waals surface area contributed by atoms with Crippen molar-refractivity contribution in [1.82, 2.24) is 4.90 Å². The van der Waals surface area contributed by atoms with E-state index in [1.807, 2.05) is 0 Å². The summed E-state index contributed by atoms with van der Waals surface area (Å²) in [7, 11) is 0. The molecule has 0 bridgehead atoms. The van der Waals surface area contributed by atoms with Gasteiger partial charge in [-0.05, 0) is 17.2 Å². The minimum absolute atomic E-state index is 0.196. The highest BCUT2D eigenvalue weighted by Gasteiger charge is 2.41. The lowest BCUT2D eigenvalue weighted by molar-refractivity contribution is -0.145. The largest absolute Gasteiger partial charge is 0.479 e. The predicted octanol–water partition coefficient (Wildman–Crippen LogP) is 3.53. The zero-order chi connectivity index (χ0) is 18.7. The summed E-state index contributed by atoms with van der Waals surface area (Å²) in [5.41, 5.74) is 1.74. The van der Waals surface area contributed by atoms with Gasteiger partial charge in [0.15, 0.2) is 6.04 Å². The number of thiocarbonyl (C=S) groups is 1. The second-order valence-electron chi connectivity index (χ2n) is 5.49. The maximum Gasteiger partial charge on any atom is 0.331 e. The third kappa shape index (κ3) is 3.58. The summed E-state index contributed by atoms with van der Waals surface area (Å²) in [4.78, 5) is 36.8. The van der Waals surface area contributed by atoms with Crippen molar-refractivity contribution in [3.05, 3.63) is 76.2 Å². The lowest BCUT2D eigenvalue weighted by Gasteiger charge is -2.23. The Hall–Kier alpha value is -2.77. The van der Waals surface area contributed by atoms with Crippen LogP contribution in [0, 0.1) is 0 Å². The van der Waals surface area contributed by atoms with E-state index < -0.39 is 17.9 Å². The molecule has 1 fully saturated rings. The van der Waals surface area contributed by atoms with Crippen molar-refractivity contribution in [1.29, 1.82) is 0 Å². The Morgan fingerprint density at radius 1 is 1.08 bits per heavy atom. The summed E-state index contributed by atoms with van der Waals surface area (Å²) in [5.74, 6) is -1.60. The number of nitrogens with zero attached hydrogens (tertiary/aromatic N) is 1. The van der Waals surface area contributed by atoms with E-state index in [0.717, 1.165) is 28.5 Å². The number of amides is 1. The molecule has 2 aromatic carbocycles. The van der Waals surface area contributed by atoms with E-state index in [4.69, 9.17) is 12.2 Å². The minimum Gasteiger partial charge on any atom is -0.479 e. The third-order valence-corrected chi connectivity index (χ3v) is 5.13. The molecule has 1 heterocycles. The molecule has 26 heavy (non-hydrogen) atoms. The first-order chi connectivity index (χ1) is 12.5. The Morgan fingerprint density at radius 3 is 2.27 bits per heavy atom. The number of rotatable bonds is 5. The van der Waals surface area contributed by atoms with Crippen LogP contribution >= 0.6 is 24.0 Å². The fourth-order valence-electron chi connectivity index (χ4n) is 2.56. The monoisotopic (exact) mass is 383 g/mol. The van der Waals surface area contributed by atoms with Gasteiger partial charge >= 0.3 is 5.97 Å². The number of hydrogen-bond donors (Lipinski definition) is 1. The first-order valence-corrected chi connectivity index (χ1v) is 8.84. The molecule has 0 spiro atoms. The van der Waals surface area contributed by atoms with Crippen LogP contribution in [0.15, 0.2) is 59.5 Å². The second kappa shape index (κ2) is 7.63. The fraction of sp³-hybridized carbons (Fsp3) is 0.0526. The normalized spacial score (nSPS) is 16.8. The molecule has 0 aromatic heterocycles. The number of carbonyl (C=O) groups excluding carboxylic acids is 2. The van der Waals surface area contributed by atoms with E-state index in [1.54, 1.807) is 60.7 Å². The molecule has 1 aliphatic rings. The molecule has 1 aliphatic heterocycles. The molecule has 0 radical (unpaired) electrons. The number of carboxylic acid groups (broad SMARTS) is 1. The summed E-state index contributed by atoms with van der Waals surface area (Å²) in [5, 5.41) is 9.64. The van der Waals surface area contributed by atoms with E-state index in [2.05, 4.69) is 0 Å². The highest BCUT2D eigenvalue weighted by molar-refractivity contribution is 8.26. The number of carbonyl (C=O) groups is 3. The molecule has 1 amide bonds. The number of carboxylic acids is 1. The van der Waals surface area contributed by atoms with Crippen LogP contribution in [0.1, 0.15) is 27.5 Å². The molecule has 1 saturated heterocycles. The molecule has 5 nitrogen and oxygen atoms in total. The highest BCUT2D eigenvalue weighted by Crippen LogP contribution is 2.38. The van der Waals surface area contributed by atoms with Crippen molar-refractivity contribution in [3.8, 4) is 0 Å². The van der Waals surface area contributed by atoms with E-state index in [0.29, 0.717) is 16.0 Å². The van der Waals surface area contributed by atoms with Crippen molar-refractivity contribution in [2.24, 2.45) is 0 Å². The van der Waals surface area contributed by atoms with Gasteiger partial charge in [0, 0.05) is 5.56 Å². The number of aliphatic carboxylic acids is 1. The molecule has 7 heteroatoms. The van der Waals surface area contributed by atoms with Gasteiger partial charge in [0.2, 0.25) is 0 Å². The van der Waals surface area contributed by atoms with E-state index >= 15 is 0 Å². The maximum absolute atomic E-state index is 12.8. The van der Waals surface area contributed by atoms with Gasteiger partial charge in [-0.25, -0.2) is 4.79 Å². The molecule has 1 atom stereocenters. The Kier molecular flexibility index (Phi) is 5.29. The zero-order valence-corrected chi connectivity index (χ0v) is 15.0. The fourth-order valence-corrected chi connectivity index (χ4v) is 3.88. The predicted molar refractivity (Wildman–Crippen MR) is 104 cm³/mol. The van der Waals surface area contributed by atoms with Crippen LogP contribution in [0.2, 0.25) is 0 Å². The first kappa shape index (κ1) is 18.0. The van der Waals surface area contributed by atoms with Crippen LogP contribution in [-0.4, -0.2) is 32.5 Å². The number of thioether (sulfide) groups is 1. The number of hydrogen-bond acceptors (Lipinski definition) is 5. The second-order valence-corrected chi connectivity index (χ2v) is 7.16. The molecule has 1 unspecified atom stereocenters. The SMILES string of the molecule is O=Cc1ccc(/C=C2/SC(=S)N(C(C(=O)O)c3ccccc3)C2=O)cc1. The van der Waals surface area contributed by atoms with Crippen LogP contribution in [0.5, 0.6) is 0 Å². The van der Waals surface area contributed by atoms with Crippen molar-refractivity contribution in [3.63, 3.8) is 0 Å². The standard InChI is InChI=1S/C19H13NO4S2/c21-11-13-8-6-12(7-9-13)10-15-17(22)20(19(25)26-15)16(18(23)24)14-4-2-1-3-5-14/h1-11,16H,(H,23,24)/b15-10+. The minimum atomic E-state index is -1.17. The first-order valence-electron chi connectivity index (χ1n) is 7.61. The summed E-state index contributed by atoms with van der Waals surface area (Å²) in [6.07, 6.45) is 2.37. The van der Waals surface area contributed by atoms with Crippen LogP contribution in [0.4, 0.5) is 0 Å². The average Bonchev–Trinajstić information content (AvgIpc) is 2.91. The number of aldehydes is 1. The Labute approximate surface area is 159 Å². The van der Waals surface area contributed by atoms with Crippen LogP contribution in [0.3, 0.4) is 0 Å². The van der Waals surface area contributed by atoms with E-state index in [-0.39, 0.29) is 4.32 Å². The van der Waals surface area contributed by atoms with Gasteiger partial charge in [-0.3, -0.25) is 14.5 Å². The smallest absolute Gasteiger partial charge is 0.331 e. The summed E-state index contributed by atoms with van der Waals surface area (Å²) in [6.45, 7) is 0. The van der Waals surface area contributed by atoms with Gasteiger partial charge in [-0.15, -0.1) is 0 Å². The molecule has 2 aromatic rings. The van der Waals surface area contributed by atoms with Crippen LogP contribution in [-0.2, 0) is 9.59 Å². The third-order valence-electron chi connectivity index (χ3n) is 3.80. The van der Waals surface area contributed by atoms with Gasteiger partial charge in [0.1, 0.15) is 10.6 Å². The molecule has 0 saturated carbocycles. The van der Waals surface area contributed by atoms with Gasteiger partial charge in [0.05, 0.1) is 4.91 Å².